The second-order valence-corrected chi connectivity index (χ2v) is 6.13. The third-order valence-corrected chi connectivity index (χ3v) is 4.38. The summed E-state index contributed by atoms with van der Waals surface area (Å²) in [5, 5.41) is 13.7. The van der Waals surface area contributed by atoms with E-state index in [9.17, 15) is 9.90 Å². The highest BCUT2D eigenvalue weighted by Gasteiger charge is 2.26. The maximum atomic E-state index is 12.6. The third kappa shape index (κ3) is 4.66. The molecule has 24 heavy (non-hydrogen) atoms. The second kappa shape index (κ2) is 8.62. The molecule has 0 aromatic heterocycles. The first-order chi connectivity index (χ1) is 11.5. The fourth-order valence-corrected chi connectivity index (χ4v) is 2.60. The number of hydrogen-bond acceptors (Lipinski definition) is 3. The Balaban J connectivity index is 1.92. The number of carbonyl (C=O) groups is 1. The van der Waals surface area contributed by atoms with Crippen molar-refractivity contribution in [3.63, 3.8) is 0 Å². The smallest absolute Gasteiger partial charge is 0.239 e. The lowest BCUT2D eigenvalue weighted by molar-refractivity contribution is -0.135. The average molecular weight is 326 g/mol. The van der Waals surface area contributed by atoms with E-state index < -0.39 is 6.10 Å². The Morgan fingerprint density at radius 3 is 2.17 bits per heavy atom. The molecular weight excluding hydrogens is 300 g/mol. The van der Waals surface area contributed by atoms with Gasteiger partial charge < -0.3 is 15.3 Å². The highest BCUT2D eigenvalue weighted by molar-refractivity contribution is 5.81. The molecule has 0 fully saturated rings. The standard InChI is InChI=1S/C20H26N2O2/c1-15(21-14-17-10-6-4-7-11-17)20(24)22(3)16(2)19(23)18-12-8-5-9-13-18/h4-13,15-16,19,21,23H,14H2,1-3H3/t15-,16-,19+/m0/s1. The first kappa shape index (κ1) is 18.2. The number of aliphatic hydroxyl groups is 1. The van der Waals surface area contributed by atoms with Crippen LogP contribution in [-0.2, 0) is 11.3 Å². The van der Waals surface area contributed by atoms with Gasteiger partial charge in [-0.25, -0.2) is 0 Å². The summed E-state index contributed by atoms with van der Waals surface area (Å²) in [7, 11) is 1.74. The quantitative estimate of drug-likeness (QED) is 0.822. The van der Waals surface area contributed by atoms with Gasteiger partial charge in [-0.05, 0) is 25.0 Å². The number of rotatable bonds is 7. The Bertz CT molecular complexity index is 631. The third-order valence-electron chi connectivity index (χ3n) is 4.38. The number of aliphatic hydroxyl groups excluding tert-OH is 1. The molecule has 0 bridgehead atoms. The van der Waals surface area contributed by atoms with Crippen LogP contribution in [0, 0.1) is 0 Å². The zero-order chi connectivity index (χ0) is 17.5. The van der Waals surface area contributed by atoms with Gasteiger partial charge in [0.05, 0.1) is 18.2 Å². The van der Waals surface area contributed by atoms with E-state index in [2.05, 4.69) is 5.32 Å². The van der Waals surface area contributed by atoms with Gasteiger partial charge in [0.15, 0.2) is 0 Å². The van der Waals surface area contributed by atoms with Gasteiger partial charge in [-0.2, -0.15) is 0 Å². The number of amides is 1. The van der Waals surface area contributed by atoms with Crippen molar-refractivity contribution in [1.82, 2.24) is 10.2 Å². The molecule has 0 saturated carbocycles. The van der Waals surface area contributed by atoms with E-state index in [1.807, 2.05) is 74.5 Å². The number of benzene rings is 2. The molecule has 0 spiro atoms. The summed E-state index contributed by atoms with van der Waals surface area (Å²) < 4.78 is 0. The van der Waals surface area contributed by atoms with Crippen LogP contribution in [0.15, 0.2) is 60.7 Å². The number of nitrogens with one attached hydrogen (secondary N) is 1. The topological polar surface area (TPSA) is 52.6 Å². The lowest BCUT2D eigenvalue weighted by Gasteiger charge is -2.31. The summed E-state index contributed by atoms with van der Waals surface area (Å²) in [5.41, 5.74) is 1.95. The SMILES string of the molecule is C[C@H](NCc1ccccc1)C(=O)N(C)[C@@H](C)[C@@H](O)c1ccccc1. The fraction of sp³-hybridized carbons (Fsp3) is 0.350. The van der Waals surface area contributed by atoms with Gasteiger partial charge in [-0.3, -0.25) is 4.79 Å². The maximum Gasteiger partial charge on any atom is 0.239 e. The molecule has 0 aliphatic heterocycles. The number of hydrogen-bond donors (Lipinski definition) is 2. The molecule has 0 unspecified atom stereocenters. The van der Waals surface area contributed by atoms with E-state index in [0.717, 1.165) is 11.1 Å². The van der Waals surface area contributed by atoms with Gasteiger partial charge in [0.2, 0.25) is 5.91 Å². The van der Waals surface area contributed by atoms with Crippen LogP contribution in [0.5, 0.6) is 0 Å². The molecule has 128 valence electrons. The van der Waals surface area contributed by atoms with Crippen LogP contribution in [0.2, 0.25) is 0 Å². The lowest BCUT2D eigenvalue weighted by Crippen LogP contribution is -2.48. The molecule has 0 aliphatic carbocycles. The van der Waals surface area contributed by atoms with Crippen molar-refractivity contribution in [3.05, 3.63) is 71.8 Å². The van der Waals surface area contributed by atoms with Crippen LogP contribution in [0.25, 0.3) is 0 Å². The minimum Gasteiger partial charge on any atom is -0.386 e. The van der Waals surface area contributed by atoms with Crippen molar-refractivity contribution >= 4 is 5.91 Å². The van der Waals surface area contributed by atoms with E-state index in [-0.39, 0.29) is 18.0 Å². The minimum absolute atomic E-state index is 0.0339. The van der Waals surface area contributed by atoms with Crippen molar-refractivity contribution in [2.45, 2.75) is 38.6 Å². The van der Waals surface area contributed by atoms with Gasteiger partial charge in [-0.1, -0.05) is 60.7 Å². The Morgan fingerprint density at radius 2 is 1.58 bits per heavy atom. The summed E-state index contributed by atoms with van der Waals surface area (Å²) in [5.74, 6) is -0.0339. The van der Waals surface area contributed by atoms with Crippen LogP contribution in [0.1, 0.15) is 31.1 Å². The van der Waals surface area contributed by atoms with Crippen LogP contribution in [0.3, 0.4) is 0 Å². The molecule has 1 amide bonds. The van der Waals surface area contributed by atoms with Gasteiger partial charge >= 0.3 is 0 Å². The second-order valence-electron chi connectivity index (χ2n) is 6.13. The van der Waals surface area contributed by atoms with E-state index in [1.165, 1.54) is 0 Å². The Kier molecular flexibility index (Phi) is 6.53. The number of carbonyl (C=O) groups excluding carboxylic acids is 1. The molecule has 4 heteroatoms. The Hall–Kier alpha value is -2.17. The van der Waals surface area contributed by atoms with Crippen molar-refractivity contribution in [2.75, 3.05) is 7.05 Å². The first-order valence-corrected chi connectivity index (χ1v) is 8.27. The highest BCUT2D eigenvalue weighted by Crippen LogP contribution is 2.20. The average Bonchev–Trinajstić information content (AvgIpc) is 2.65. The van der Waals surface area contributed by atoms with E-state index in [1.54, 1.807) is 11.9 Å². The lowest BCUT2D eigenvalue weighted by atomic mass is 10.0. The molecule has 3 atom stereocenters. The summed E-state index contributed by atoms with van der Waals surface area (Å²) >= 11 is 0. The van der Waals surface area contributed by atoms with Crippen LogP contribution in [-0.4, -0.2) is 35.0 Å². The van der Waals surface area contributed by atoms with Gasteiger partial charge in [-0.15, -0.1) is 0 Å². The van der Waals surface area contributed by atoms with Crippen molar-refractivity contribution in [3.8, 4) is 0 Å². The van der Waals surface area contributed by atoms with Crippen molar-refractivity contribution in [1.29, 1.82) is 0 Å². The molecule has 0 saturated heterocycles. The predicted octanol–water partition coefficient (Wildman–Crippen LogP) is 2.75. The largest absolute Gasteiger partial charge is 0.386 e. The number of nitrogens with zero attached hydrogens (tertiary/aromatic N) is 1. The fourth-order valence-electron chi connectivity index (χ4n) is 2.60. The van der Waals surface area contributed by atoms with Gasteiger partial charge in [0.1, 0.15) is 0 Å². The van der Waals surface area contributed by atoms with Gasteiger partial charge in [0, 0.05) is 13.6 Å². The molecule has 0 radical (unpaired) electrons. The maximum absolute atomic E-state index is 12.6. The highest BCUT2D eigenvalue weighted by atomic mass is 16.3. The summed E-state index contributed by atoms with van der Waals surface area (Å²) in [6, 6.07) is 18.8. The molecular formula is C20H26N2O2. The Morgan fingerprint density at radius 1 is 1.04 bits per heavy atom. The molecule has 2 aromatic rings. The minimum atomic E-state index is -0.707. The predicted molar refractivity (Wildman–Crippen MR) is 96.4 cm³/mol. The summed E-state index contributed by atoms with van der Waals surface area (Å²) in [6.07, 6.45) is -0.707. The normalized spacial score (nSPS) is 14.7. The monoisotopic (exact) mass is 326 g/mol. The van der Waals surface area contributed by atoms with E-state index in [4.69, 9.17) is 0 Å². The Labute approximate surface area is 144 Å². The molecule has 0 heterocycles. The molecule has 2 rings (SSSR count). The zero-order valence-electron chi connectivity index (χ0n) is 14.5. The van der Waals surface area contributed by atoms with Crippen LogP contribution >= 0.6 is 0 Å². The van der Waals surface area contributed by atoms with Gasteiger partial charge in [0.25, 0.3) is 0 Å². The van der Waals surface area contributed by atoms with E-state index >= 15 is 0 Å². The summed E-state index contributed by atoms with van der Waals surface area (Å²) in [6.45, 7) is 4.35. The zero-order valence-corrected chi connectivity index (χ0v) is 14.5. The van der Waals surface area contributed by atoms with Crippen molar-refractivity contribution < 1.29 is 9.90 Å². The summed E-state index contributed by atoms with van der Waals surface area (Å²) in [4.78, 5) is 14.2. The molecule has 0 aliphatic rings. The molecule has 4 nitrogen and oxygen atoms in total. The van der Waals surface area contributed by atoms with Crippen LogP contribution in [0.4, 0.5) is 0 Å². The number of likely N-dealkylation sites (N-methyl/N-ethyl adjacent to an activating group) is 1. The van der Waals surface area contributed by atoms with Crippen LogP contribution < -0.4 is 5.32 Å². The van der Waals surface area contributed by atoms with Crippen molar-refractivity contribution in [2.24, 2.45) is 0 Å². The molecule has 2 aromatic carbocycles. The first-order valence-electron chi connectivity index (χ1n) is 8.27. The molecule has 2 N–H and O–H groups in total. The van der Waals surface area contributed by atoms with E-state index in [0.29, 0.717) is 6.54 Å².